The van der Waals surface area contributed by atoms with E-state index >= 15 is 0 Å². The van der Waals surface area contributed by atoms with Gasteiger partial charge in [0.2, 0.25) is 21.8 Å². The van der Waals surface area contributed by atoms with Crippen molar-refractivity contribution in [2.24, 2.45) is 0 Å². The number of hydrogen-bond donors (Lipinski definition) is 1. The van der Waals surface area contributed by atoms with Gasteiger partial charge in [0.05, 0.1) is 18.6 Å². The monoisotopic (exact) mass is 565 g/mol. The summed E-state index contributed by atoms with van der Waals surface area (Å²) < 4.78 is 32.2. The van der Waals surface area contributed by atoms with E-state index in [1.54, 1.807) is 35.2 Å². The van der Waals surface area contributed by atoms with E-state index in [0.29, 0.717) is 36.0 Å². The van der Waals surface area contributed by atoms with Crippen molar-refractivity contribution >= 4 is 39.1 Å². The van der Waals surface area contributed by atoms with Crippen molar-refractivity contribution in [1.82, 2.24) is 10.2 Å². The van der Waals surface area contributed by atoms with E-state index in [-0.39, 0.29) is 37.7 Å². The van der Waals surface area contributed by atoms with Gasteiger partial charge in [0.1, 0.15) is 11.8 Å². The predicted octanol–water partition coefficient (Wildman–Crippen LogP) is 5.01. The molecule has 0 saturated carbocycles. The molecule has 0 bridgehead atoms. The van der Waals surface area contributed by atoms with E-state index in [1.165, 1.54) is 4.31 Å². The molecule has 2 rings (SSSR count). The van der Waals surface area contributed by atoms with Crippen LogP contribution in [-0.4, -0.2) is 57.1 Å². The third-order valence-corrected chi connectivity index (χ3v) is 7.65. The number of ether oxygens (including phenoxy) is 1. The van der Waals surface area contributed by atoms with Gasteiger partial charge < -0.3 is 15.0 Å². The lowest BCUT2D eigenvalue weighted by molar-refractivity contribution is -0.141. The van der Waals surface area contributed by atoms with Crippen LogP contribution < -0.4 is 14.4 Å². The highest BCUT2D eigenvalue weighted by Crippen LogP contribution is 2.30. The molecule has 0 aromatic heterocycles. The van der Waals surface area contributed by atoms with Crippen molar-refractivity contribution in [1.29, 1.82) is 0 Å². The predicted molar refractivity (Wildman–Crippen MR) is 153 cm³/mol. The van der Waals surface area contributed by atoms with Gasteiger partial charge in [0.15, 0.2) is 0 Å². The number of benzene rings is 2. The Morgan fingerprint density at radius 3 is 2.34 bits per heavy atom. The maximum absolute atomic E-state index is 13.5. The molecule has 0 saturated heterocycles. The van der Waals surface area contributed by atoms with Crippen LogP contribution in [0.25, 0.3) is 0 Å². The zero-order chi connectivity index (χ0) is 28.1. The van der Waals surface area contributed by atoms with Gasteiger partial charge in [-0.15, -0.1) is 0 Å². The highest BCUT2D eigenvalue weighted by Gasteiger charge is 2.29. The zero-order valence-electron chi connectivity index (χ0n) is 22.8. The first kappa shape index (κ1) is 31.4. The van der Waals surface area contributed by atoms with Gasteiger partial charge in [0.25, 0.3) is 0 Å². The number of carbonyl (C=O) groups excluding carboxylic acids is 2. The minimum Gasteiger partial charge on any atom is -0.492 e. The number of carbonyl (C=O) groups is 2. The summed E-state index contributed by atoms with van der Waals surface area (Å²) in [5, 5.41) is 3.45. The number of halogens is 1. The smallest absolute Gasteiger partial charge is 0.242 e. The van der Waals surface area contributed by atoms with Gasteiger partial charge in [-0.3, -0.25) is 13.9 Å². The Morgan fingerprint density at radius 1 is 1.03 bits per heavy atom. The van der Waals surface area contributed by atoms with Gasteiger partial charge in [-0.05, 0) is 49.9 Å². The number of unbranched alkanes of at least 4 members (excludes halogenated alkanes) is 1. The number of rotatable bonds is 16. The topological polar surface area (TPSA) is 96.0 Å². The van der Waals surface area contributed by atoms with Gasteiger partial charge in [0, 0.05) is 31.1 Å². The van der Waals surface area contributed by atoms with Crippen LogP contribution in [-0.2, 0) is 26.2 Å². The fraction of sp³-hybridized carbons (Fsp3) is 0.500. The number of amides is 2. The maximum atomic E-state index is 13.5. The molecule has 0 radical (unpaired) electrons. The summed E-state index contributed by atoms with van der Waals surface area (Å²) >= 11 is 6.38. The minimum atomic E-state index is -3.63. The molecule has 0 spiro atoms. The standard InChI is InChI=1S/C28H40ClN3O5S/c1-5-8-19-30-28(34)24(6-2)31(21-22-14-9-10-15-23(22)29)27(33)18-13-20-32(38(4,35)36)25-16-11-12-17-26(25)37-7-3/h9-12,14-17,24H,5-8,13,18-21H2,1-4H3,(H,30,34)/t24-/m0/s1. The molecule has 0 fully saturated rings. The fourth-order valence-corrected chi connectivity index (χ4v) is 5.32. The maximum Gasteiger partial charge on any atom is 0.242 e. The molecule has 210 valence electrons. The van der Waals surface area contributed by atoms with E-state index in [1.807, 2.05) is 39.0 Å². The fourth-order valence-electron chi connectivity index (χ4n) is 4.16. The number of nitrogens with one attached hydrogen (secondary N) is 1. The Hall–Kier alpha value is -2.78. The van der Waals surface area contributed by atoms with Gasteiger partial charge >= 0.3 is 0 Å². The van der Waals surface area contributed by atoms with Crippen LogP contribution in [0.1, 0.15) is 58.4 Å². The van der Waals surface area contributed by atoms with Crippen molar-refractivity contribution in [3.63, 3.8) is 0 Å². The Balaban J connectivity index is 2.24. The lowest BCUT2D eigenvalue weighted by Crippen LogP contribution is -2.49. The number of para-hydroxylation sites is 2. The van der Waals surface area contributed by atoms with Crippen molar-refractivity contribution in [2.75, 3.05) is 30.3 Å². The van der Waals surface area contributed by atoms with E-state index in [9.17, 15) is 18.0 Å². The van der Waals surface area contributed by atoms with Crippen molar-refractivity contribution < 1.29 is 22.7 Å². The van der Waals surface area contributed by atoms with E-state index in [2.05, 4.69) is 5.32 Å². The van der Waals surface area contributed by atoms with Crippen LogP contribution >= 0.6 is 11.6 Å². The van der Waals surface area contributed by atoms with Gasteiger partial charge in [-0.25, -0.2) is 8.42 Å². The second-order valence-electron chi connectivity index (χ2n) is 9.02. The second kappa shape index (κ2) is 15.6. The molecule has 0 aliphatic rings. The number of sulfonamides is 1. The summed E-state index contributed by atoms with van der Waals surface area (Å²) in [6, 6.07) is 13.5. The Bertz CT molecular complexity index is 1160. The first-order valence-corrected chi connectivity index (χ1v) is 15.4. The van der Waals surface area contributed by atoms with Crippen LogP contribution in [0.4, 0.5) is 5.69 Å². The number of anilines is 1. The Morgan fingerprint density at radius 2 is 1.71 bits per heavy atom. The molecule has 2 aromatic carbocycles. The second-order valence-corrected chi connectivity index (χ2v) is 11.3. The molecule has 8 nitrogen and oxygen atoms in total. The summed E-state index contributed by atoms with van der Waals surface area (Å²) in [7, 11) is -3.63. The molecule has 2 aromatic rings. The highest BCUT2D eigenvalue weighted by atomic mass is 35.5. The van der Waals surface area contributed by atoms with E-state index in [4.69, 9.17) is 16.3 Å². The third-order valence-electron chi connectivity index (χ3n) is 6.10. The average molecular weight is 566 g/mol. The average Bonchev–Trinajstić information content (AvgIpc) is 2.87. The lowest BCUT2D eigenvalue weighted by Gasteiger charge is -2.31. The van der Waals surface area contributed by atoms with Crippen LogP contribution in [0.15, 0.2) is 48.5 Å². The molecule has 0 unspecified atom stereocenters. The van der Waals surface area contributed by atoms with Crippen molar-refractivity contribution in [2.45, 2.75) is 65.5 Å². The quantitative estimate of drug-likeness (QED) is 0.289. The Kier molecular flexibility index (Phi) is 12.9. The first-order valence-electron chi connectivity index (χ1n) is 13.1. The highest BCUT2D eigenvalue weighted by molar-refractivity contribution is 7.92. The summed E-state index contributed by atoms with van der Waals surface area (Å²) in [5.74, 6) is 0.0145. The molecule has 1 N–H and O–H groups in total. The van der Waals surface area contributed by atoms with Crippen molar-refractivity contribution in [3.05, 3.63) is 59.1 Å². The van der Waals surface area contributed by atoms with E-state index in [0.717, 1.165) is 24.7 Å². The number of hydrogen-bond acceptors (Lipinski definition) is 5. The number of nitrogens with zero attached hydrogens (tertiary/aromatic N) is 2. The molecule has 1 atom stereocenters. The van der Waals surface area contributed by atoms with Crippen LogP contribution in [0.3, 0.4) is 0 Å². The summed E-state index contributed by atoms with van der Waals surface area (Å²) in [6.07, 6.45) is 3.69. The summed E-state index contributed by atoms with van der Waals surface area (Å²) in [6.45, 7) is 6.95. The van der Waals surface area contributed by atoms with Crippen LogP contribution in [0.2, 0.25) is 5.02 Å². The molecule has 38 heavy (non-hydrogen) atoms. The molecule has 0 heterocycles. The normalized spacial score (nSPS) is 12.0. The molecular formula is C28H40ClN3O5S. The van der Waals surface area contributed by atoms with Crippen LogP contribution in [0, 0.1) is 0 Å². The SMILES string of the molecule is CCCCNC(=O)[C@H](CC)N(Cc1ccccc1Cl)C(=O)CCCN(c1ccccc1OCC)S(C)(=O)=O. The first-order chi connectivity index (χ1) is 18.1. The van der Waals surface area contributed by atoms with Gasteiger partial charge in [-0.1, -0.05) is 62.2 Å². The minimum absolute atomic E-state index is 0.0615. The summed E-state index contributed by atoms with van der Waals surface area (Å²) in [5.41, 5.74) is 1.17. The molecular weight excluding hydrogens is 526 g/mol. The van der Waals surface area contributed by atoms with Gasteiger partial charge in [-0.2, -0.15) is 0 Å². The Labute approximate surface area is 232 Å². The molecule has 10 heteroatoms. The van der Waals surface area contributed by atoms with Crippen LogP contribution in [0.5, 0.6) is 5.75 Å². The zero-order valence-corrected chi connectivity index (χ0v) is 24.4. The largest absolute Gasteiger partial charge is 0.492 e. The molecule has 0 aliphatic carbocycles. The molecule has 0 aliphatic heterocycles. The van der Waals surface area contributed by atoms with Crippen molar-refractivity contribution in [3.8, 4) is 5.75 Å². The van der Waals surface area contributed by atoms with E-state index < -0.39 is 16.1 Å². The summed E-state index contributed by atoms with van der Waals surface area (Å²) in [4.78, 5) is 28.1. The third kappa shape index (κ3) is 9.20. The molecule has 2 amide bonds. The lowest BCUT2D eigenvalue weighted by atomic mass is 10.1.